The lowest BCUT2D eigenvalue weighted by atomic mass is 10.2. The molecule has 0 aliphatic carbocycles. The van der Waals surface area contributed by atoms with Crippen molar-refractivity contribution < 1.29 is 14.7 Å². The molecule has 0 saturated carbocycles. The van der Waals surface area contributed by atoms with Gasteiger partial charge in [0.15, 0.2) is 0 Å². The van der Waals surface area contributed by atoms with E-state index in [-0.39, 0.29) is 12.5 Å². The van der Waals surface area contributed by atoms with Crippen LogP contribution >= 0.6 is 0 Å². The SMILES string of the molecule is O=C(O)Cc1ccc(NC(=O)NCCN2CCCC2)cn1. The molecule has 1 aliphatic heterocycles. The summed E-state index contributed by atoms with van der Waals surface area (Å²) in [5.74, 6) is -0.928. The van der Waals surface area contributed by atoms with Crippen molar-refractivity contribution in [3.63, 3.8) is 0 Å². The highest BCUT2D eigenvalue weighted by molar-refractivity contribution is 5.89. The Morgan fingerprint density at radius 2 is 2.05 bits per heavy atom. The van der Waals surface area contributed by atoms with Crippen LogP contribution in [-0.2, 0) is 11.2 Å². The average molecular weight is 292 g/mol. The van der Waals surface area contributed by atoms with E-state index in [1.807, 2.05) is 0 Å². The molecular formula is C14H20N4O3. The van der Waals surface area contributed by atoms with Crippen molar-refractivity contribution >= 4 is 17.7 Å². The Hall–Kier alpha value is -2.15. The van der Waals surface area contributed by atoms with Crippen LogP contribution in [0.4, 0.5) is 10.5 Å². The van der Waals surface area contributed by atoms with Crippen molar-refractivity contribution in [3.05, 3.63) is 24.0 Å². The molecule has 114 valence electrons. The first kappa shape index (κ1) is 15.2. The van der Waals surface area contributed by atoms with Gasteiger partial charge < -0.3 is 20.6 Å². The third-order valence-corrected chi connectivity index (χ3v) is 3.33. The van der Waals surface area contributed by atoms with E-state index in [1.165, 1.54) is 19.0 Å². The van der Waals surface area contributed by atoms with E-state index < -0.39 is 5.97 Å². The van der Waals surface area contributed by atoms with Crippen LogP contribution in [0, 0.1) is 0 Å². The van der Waals surface area contributed by atoms with E-state index >= 15 is 0 Å². The maximum atomic E-state index is 11.7. The van der Waals surface area contributed by atoms with Crippen LogP contribution < -0.4 is 10.6 Å². The van der Waals surface area contributed by atoms with Crippen LogP contribution in [0.5, 0.6) is 0 Å². The maximum absolute atomic E-state index is 11.7. The van der Waals surface area contributed by atoms with Gasteiger partial charge in [-0.1, -0.05) is 0 Å². The number of aliphatic carboxylic acids is 1. The molecular weight excluding hydrogens is 272 g/mol. The molecule has 1 saturated heterocycles. The molecule has 1 aromatic heterocycles. The first-order valence-electron chi connectivity index (χ1n) is 7.07. The van der Waals surface area contributed by atoms with Gasteiger partial charge in [-0.2, -0.15) is 0 Å². The number of likely N-dealkylation sites (tertiary alicyclic amines) is 1. The minimum Gasteiger partial charge on any atom is -0.481 e. The fraction of sp³-hybridized carbons (Fsp3) is 0.500. The highest BCUT2D eigenvalue weighted by atomic mass is 16.4. The predicted octanol–water partition coefficient (Wildman–Crippen LogP) is 0.926. The summed E-state index contributed by atoms with van der Waals surface area (Å²) in [6.07, 6.45) is 3.81. The Labute approximate surface area is 123 Å². The van der Waals surface area contributed by atoms with Crippen molar-refractivity contribution in [2.45, 2.75) is 19.3 Å². The summed E-state index contributed by atoms with van der Waals surface area (Å²) in [5.41, 5.74) is 1.00. The second-order valence-electron chi connectivity index (χ2n) is 5.04. The van der Waals surface area contributed by atoms with Crippen molar-refractivity contribution in [2.24, 2.45) is 0 Å². The second kappa shape index (κ2) is 7.58. The summed E-state index contributed by atoms with van der Waals surface area (Å²) in [4.78, 5) is 28.5. The van der Waals surface area contributed by atoms with Crippen LogP contribution in [0.2, 0.25) is 0 Å². The molecule has 2 heterocycles. The van der Waals surface area contributed by atoms with Crippen molar-refractivity contribution in [3.8, 4) is 0 Å². The number of nitrogens with zero attached hydrogens (tertiary/aromatic N) is 2. The summed E-state index contributed by atoms with van der Waals surface area (Å²) < 4.78 is 0. The van der Waals surface area contributed by atoms with Crippen LogP contribution in [0.25, 0.3) is 0 Å². The standard InChI is InChI=1S/C14H20N4O3/c19-13(20)9-11-3-4-12(10-16-11)17-14(21)15-5-8-18-6-1-2-7-18/h3-4,10H,1-2,5-9H2,(H,19,20)(H2,15,17,21). The topological polar surface area (TPSA) is 94.6 Å². The number of aromatic nitrogens is 1. The molecule has 1 fully saturated rings. The number of hydrogen-bond acceptors (Lipinski definition) is 4. The number of urea groups is 1. The fourth-order valence-corrected chi connectivity index (χ4v) is 2.27. The molecule has 3 N–H and O–H groups in total. The van der Waals surface area contributed by atoms with E-state index in [4.69, 9.17) is 5.11 Å². The van der Waals surface area contributed by atoms with Gasteiger partial charge in [-0.15, -0.1) is 0 Å². The zero-order chi connectivity index (χ0) is 15.1. The van der Waals surface area contributed by atoms with Crippen molar-refractivity contribution in [1.82, 2.24) is 15.2 Å². The minimum absolute atomic E-state index is 0.123. The van der Waals surface area contributed by atoms with Gasteiger partial charge in [0.1, 0.15) is 0 Å². The number of rotatable bonds is 6. The van der Waals surface area contributed by atoms with Gasteiger partial charge in [0.05, 0.1) is 24.0 Å². The van der Waals surface area contributed by atoms with Gasteiger partial charge in [-0.05, 0) is 38.1 Å². The van der Waals surface area contributed by atoms with Crippen molar-refractivity contribution in [1.29, 1.82) is 0 Å². The number of anilines is 1. The Morgan fingerprint density at radius 1 is 1.29 bits per heavy atom. The van der Waals surface area contributed by atoms with Gasteiger partial charge in [-0.3, -0.25) is 9.78 Å². The van der Waals surface area contributed by atoms with E-state index in [9.17, 15) is 9.59 Å². The Balaban J connectivity index is 1.70. The zero-order valence-electron chi connectivity index (χ0n) is 11.8. The molecule has 0 atom stereocenters. The highest BCUT2D eigenvalue weighted by Gasteiger charge is 2.11. The number of hydrogen-bond donors (Lipinski definition) is 3. The van der Waals surface area contributed by atoms with Gasteiger partial charge in [0.2, 0.25) is 0 Å². The molecule has 21 heavy (non-hydrogen) atoms. The molecule has 0 aromatic carbocycles. The van der Waals surface area contributed by atoms with Gasteiger partial charge in [-0.25, -0.2) is 4.79 Å². The lowest BCUT2D eigenvalue weighted by Crippen LogP contribution is -2.35. The molecule has 0 radical (unpaired) electrons. The number of nitrogens with one attached hydrogen (secondary N) is 2. The second-order valence-corrected chi connectivity index (χ2v) is 5.04. The van der Waals surface area contributed by atoms with Crippen LogP contribution in [0.15, 0.2) is 18.3 Å². The average Bonchev–Trinajstić information content (AvgIpc) is 2.93. The quantitative estimate of drug-likeness (QED) is 0.725. The minimum atomic E-state index is -0.928. The Kier molecular flexibility index (Phi) is 5.51. The first-order valence-corrected chi connectivity index (χ1v) is 7.07. The number of amides is 2. The van der Waals surface area contributed by atoms with Crippen LogP contribution in [0.1, 0.15) is 18.5 Å². The molecule has 0 bridgehead atoms. The fourth-order valence-electron chi connectivity index (χ4n) is 2.27. The molecule has 7 nitrogen and oxygen atoms in total. The molecule has 2 rings (SSSR count). The van der Waals surface area contributed by atoms with Crippen molar-refractivity contribution in [2.75, 3.05) is 31.5 Å². The molecule has 1 aliphatic rings. The first-order chi connectivity index (χ1) is 10.1. The van der Waals surface area contributed by atoms with E-state index in [0.717, 1.165) is 19.6 Å². The van der Waals surface area contributed by atoms with E-state index in [0.29, 0.717) is 17.9 Å². The third-order valence-electron chi connectivity index (χ3n) is 3.33. The van der Waals surface area contributed by atoms with Crippen LogP contribution in [0.3, 0.4) is 0 Å². The lowest BCUT2D eigenvalue weighted by molar-refractivity contribution is -0.136. The monoisotopic (exact) mass is 292 g/mol. The summed E-state index contributed by atoms with van der Waals surface area (Å²) in [6, 6.07) is 2.96. The summed E-state index contributed by atoms with van der Waals surface area (Å²) >= 11 is 0. The summed E-state index contributed by atoms with van der Waals surface area (Å²) in [5, 5.41) is 14.1. The smallest absolute Gasteiger partial charge is 0.319 e. The maximum Gasteiger partial charge on any atom is 0.319 e. The number of carbonyl (C=O) groups excluding carboxylic acids is 1. The molecule has 2 amide bonds. The largest absolute Gasteiger partial charge is 0.481 e. The molecule has 7 heteroatoms. The van der Waals surface area contributed by atoms with Gasteiger partial charge in [0.25, 0.3) is 0 Å². The highest BCUT2D eigenvalue weighted by Crippen LogP contribution is 2.07. The summed E-state index contributed by atoms with van der Waals surface area (Å²) in [6.45, 7) is 3.69. The lowest BCUT2D eigenvalue weighted by Gasteiger charge is -2.15. The van der Waals surface area contributed by atoms with Gasteiger partial charge in [0, 0.05) is 13.1 Å². The Bertz CT molecular complexity index is 483. The van der Waals surface area contributed by atoms with E-state index in [2.05, 4.69) is 20.5 Å². The molecule has 0 unspecified atom stereocenters. The van der Waals surface area contributed by atoms with E-state index in [1.54, 1.807) is 12.1 Å². The van der Waals surface area contributed by atoms with Crippen LogP contribution in [-0.4, -0.2) is 53.2 Å². The predicted molar refractivity (Wildman–Crippen MR) is 78.3 cm³/mol. The molecule has 0 spiro atoms. The third kappa shape index (κ3) is 5.39. The zero-order valence-corrected chi connectivity index (χ0v) is 11.8. The Morgan fingerprint density at radius 3 is 2.67 bits per heavy atom. The number of carboxylic acids is 1. The van der Waals surface area contributed by atoms with Gasteiger partial charge >= 0.3 is 12.0 Å². The summed E-state index contributed by atoms with van der Waals surface area (Å²) in [7, 11) is 0. The molecule has 1 aromatic rings. The normalized spacial score (nSPS) is 14.9. The number of carbonyl (C=O) groups is 2. The number of pyridine rings is 1. The number of carboxylic acid groups (broad SMARTS) is 1.